The van der Waals surface area contributed by atoms with E-state index >= 15 is 0 Å². The lowest BCUT2D eigenvalue weighted by atomic mass is 9.81. The summed E-state index contributed by atoms with van der Waals surface area (Å²) in [6.07, 6.45) is 6.56. The Morgan fingerprint density at radius 3 is 1.97 bits per heavy atom. The summed E-state index contributed by atoms with van der Waals surface area (Å²) in [6.45, 7) is 9.21. The van der Waals surface area contributed by atoms with Crippen LogP contribution in [-0.4, -0.2) is 0 Å². The molecule has 2 aromatic heterocycles. The van der Waals surface area contributed by atoms with Crippen LogP contribution in [0.1, 0.15) is 68.4 Å². The predicted molar refractivity (Wildman–Crippen MR) is 153 cm³/mol. The molecule has 8 rings (SSSR count). The summed E-state index contributed by atoms with van der Waals surface area (Å²) in [5.41, 5.74) is 6.92. The zero-order chi connectivity index (χ0) is 24.3. The van der Waals surface area contributed by atoms with Crippen LogP contribution >= 0.6 is 0 Å². The SMILES string of the molecule is CC(C)c1cc2c3c(oc4cc5c(C(C)C)cc6c7ccccc7oc7cc1c(c42)c5c76)CCC=C3. The molecule has 2 heteroatoms. The van der Waals surface area contributed by atoms with Gasteiger partial charge in [0.05, 0.1) is 0 Å². The Hall–Kier alpha value is -3.78. The molecule has 1 aliphatic carbocycles. The summed E-state index contributed by atoms with van der Waals surface area (Å²) < 4.78 is 13.3. The van der Waals surface area contributed by atoms with Crippen LogP contribution in [-0.2, 0) is 6.42 Å². The third-order valence-electron chi connectivity index (χ3n) is 8.38. The molecular weight excluding hydrogens is 440 g/mol. The Balaban J connectivity index is 1.76. The van der Waals surface area contributed by atoms with E-state index < -0.39 is 0 Å². The van der Waals surface area contributed by atoms with Gasteiger partial charge in [-0.25, -0.2) is 0 Å². The number of aryl methyl sites for hydroxylation is 1. The van der Waals surface area contributed by atoms with Crippen LogP contribution in [0.5, 0.6) is 0 Å². The normalized spacial score (nSPS) is 14.3. The predicted octanol–water partition coefficient (Wildman–Crippen LogP) is 10.4. The van der Waals surface area contributed by atoms with Gasteiger partial charge in [-0.05, 0) is 81.3 Å². The molecule has 0 fully saturated rings. The summed E-state index contributed by atoms with van der Waals surface area (Å²) in [7, 11) is 0. The summed E-state index contributed by atoms with van der Waals surface area (Å²) in [5.74, 6) is 1.89. The zero-order valence-electron chi connectivity index (χ0n) is 21.2. The van der Waals surface area contributed by atoms with E-state index in [1.807, 2.05) is 0 Å². The maximum absolute atomic E-state index is 6.70. The second-order valence-electron chi connectivity index (χ2n) is 11.2. The van der Waals surface area contributed by atoms with Crippen molar-refractivity contribution in [3.8, 4) is 0 Å². The molecule has 0 atom stereocenters. The van der Waals surface area contributed by atoms with Crippen molar-refractivity contribution < 1.29 is 8.83 Å². The van der Waals surface area contributed by atoms with Gasteiger partial charge in [0, 0.05) is 38.9 Å². The van der Waals surface area contributed by atoms with E-state index in [2.05, 4.69) is 88.4 Å². The van der Waals surface area contributed by atoms with Crippen molar-refractivity contribution in [2.75, 3.05) is 0 Å². The fourth-order valence-corrected chi connectivity index (χ4v) is 6.75. The fourth-order valence-electron chi connectivity index (χ4n) is 6.75. The smallest absolute Gasteiger partial charge is 0.136 e. The van der Waals surface area contributed by atoms with Crippen LogP contribution < -0.4 is 0 Å². The second kappa shape index (κ2) is 6.91. The van der Waals surface area contributed by atoms with Gasteiger partial charge in [0.1, 0.15) is 22.5 Å². The fraction of sp³-hybridized carbons (Fsp3) is 0.235. The molecule has 0 saturated heterocycles. The van der Waals surface area contributed by atoms with E-state index in [0.717, 1.165) is 35.4 Å². The Morgan fingerprint density at radius 1 is 0.611 bits per heavy atom. The molecule has 2 nitrogen and oxygen atoms in total. The maximum Gasteiger partial charge on any atom is 0.136 e. The molecule has 0 spiro atoms. The van der Waals surface area contributed by atoms with Crippen LogP contribution in [0.3, 0.4) is 0 Å². The molecule has 0 aliphatic heterocycles. The summed E-state index contributed by atoms with van der Waals surface area (Å²) in [6, 6.07) is 17.9. The summed E-state index contributed by atoms with van der Waals surface area (Å²) >= 11 is 0. The highest BCUT2D eigenvalue weighted by Gasteiger charge is 2.26. The second-order valence-corrected chi connectivity index (χ2v) is 11.2. The molecule has 5 aromatic carbocycles. The van der Waals surface area contributed by atoms with Gasteiger partial charge >= 0.3 is 0 Å². The molecule has 176 valence electrons. The average molecular weight is 469 g/mol. The minimum Gasteiger partial charge on any atom is -0.460 e. The van der Waals surface area contributed by atoms with E-state index in [0.29, 0.717) is 11.8 Å². The van der Waals surface area contributed by atoms with Gasteiger partial charge in [0.2, 0.25) is 0 Å². The lowest BCUT2D eigenvalue weighted by Gasteiger charge is -2.24. The zero-order valence-corrected chi connectivity index (χ0v) is 21.2. The first-order valence-electron chi connectivity index (χ1n) is 13.2. The minimum absolute atomic E-state index is 0.386. The molecular formula is C34H28O2. The van der Waals surface area contributed by atoms with Gasteiger partial charge in [0.25, 0.3) is 0 Å². The Morgan fingerprint density at radius 2 is 1.25 bits per heavy atom. The summed E-state index contributed by atoms with van der Waals surface area (Å²) in [4.78, 5) is 0. The van der Waals surface area contributed by atoms with E-state index in [-0.39, 0.29) is 0 Å². The van der Waals surface area contributed by atoms with E-state index in [4.69, 9.17) is 8.83 Å². The molecule has 7 aromatic rings. The molecule has 1 aliphatic rings. The number of rotatable bonds is 2. The molecule has 0 bridgehead atoms. The number of hydrogen-bond acceptors (Lipinski definition) is 2. The van der Waals surface area contributed by atoms with Crippen LogP contribution in [0.15, 0.2) is 63.4 Å². The van der Waals surface area contributed by atoms with Gasteiger partial charge < -0.3 is 8.83 Å². The Bertz CT molecular complexity index is 2040. The first kappa shape index (κ1) is 20.4. The van der Waals surface area contributed by atoms with Crippen LogP contribution in [0.25, 0.3) is 71.3 Å². The number of allylic oxidation sites excluding steroid dienone is 1. The molecule has 2 heterocycles. The van der Waals surface area contributed by atoms with Crippen molar-refractivity contribution in [2.24, 2.45) is 0 Å². The lowest BCUT2D eigenvalue weighted by molar-refractivity contribution is 0.535. The molecule has 0 radical (unpaired) electrons. The minimum atomic E-state index is 0.386. The topological polar surface area (TPSA) is 26.3 Å². The standard InChI is InChI=1S/C34H28O2/c1-17(2)21-13-23-19-9-5-7-11-27(19)36-30-16-26-22(18(3)4)14-24-20-10-6-8-12-28(20)35-29-15-25(21)33(31(23)30)34(26)32(24)29/h5-7,9-11,13-18H,8,12H2,1-4H3. The first-order valence-corrected chi connectivity index (χ1v) is 13.2. The van der Waals surface area contributed by atoms with Crippen molar-refractivity contribution in [2.45, 2.75) is 52.4 Å². The highest BCUT2D eigenvalue weighted by Crippen LogP contribution is 2.50. The van der Waals surface area contributed by atoms with Crippen LogP contribution in [0, 0.1) is 0 Å². The third kappa shape index (κ3) is 2.47. The quantitative estimate of drug-likeness (QED) is 0.186. The van der Waals surface area contributed by atoms with Gasteiger partial charge in [0.15, 0.2) is 0 Å². The van der Waals surface area contributed by atoms with Gasteiger partial charge in [-0.15, -0.1) is 0 Å². The van der Waals surface area contributed by atoms with E-state index in [1.54, 1.807) is 0 Å². The van der Waals surface area contributed by atoms with Crippen LogP contribution in [0.2, 0.25) is 0 Å². The number of para-hydroxylation sites is 1. The monoisotopic (exact) mass is 468 g/mol. The van der Waals surface area contributed by atoms with E-state index in [1.165, 1.54) is 65.2 Å². The average Bonchev–Trinajstić information content (AvgIpc) is 2.88. The van der Waals surface area contributed by atoms with E-state index in [9.17, 15) is 0 Å². The van der Waals surface area contributed by atoms with Gasteiger partial charge in [-0.2, -0.15) is 0 Å². The Labute approximate surface area is 209 Å². The molecule has 0 saturated carbocycles. The Kier molecular flexibility index (Phi) is 3.92. The van der Waals surface area contributed by atoms with Crippen molar-refractivity contribution in [1.82, 2.24) is 0 Å². The highest BCUT2D eigenvalue weighted by atomic mass is 16.3. The largest absolute Gasteiger partial charge is 0.460 e. The van der Waals surface area contributed by atoms with Crippen molar-refractivity contribution in [3.05, 3.63) is 77.1 Å². The molecule has 0 amide bonds. The van der Waals surface area contributed by atoms with Crippen molar-refractivity contribution in [1.29, 1.82) is 0 Å². The molecule has 36 heavy (non-hydrogen) atoms. The highest BCUT2D eigenvalue weighted by molar-refractivity contribution is 6.38. The van der Waals surface area contributed by atoms with Crippen molar-refractivity contribution >= 4 is 71.3 Å². The first-order chi connectivity index (χ1) is 17.5. The molecule has 0 N–H and O–H groups in total. The third-order valence-corrected chi connectivity index (χ3v) is 8.38. The maximum atomic E-state index is 6.70. The number of benzene rings is 5. The van der Waals surface area contributed by atoms with Crippen molar-refractivity contribution in [3.63, 3.8) is 0 Å². The lowest BCUT2D eigenvalue weighted by Crippen LogP contribution is -2.02. The van der Waals surface area contributed by atoms with Gasteiger partial charge in [-0.1, -0.05) is 58.0 Å². The molecule has 0 unspecified atom stereocenters. The summed E-state index contributed by atoms with van der Waals surface area (Å²) in [5, 5.41) is 11.5. The number of hydrogen-bond donors (Lipinski definition) is 0. The number of fused-ring (bicyclic) bond motifs is 4. The van der Waals surface area contributed by atoms with Crippen LogP contribution in [0.4, 0.5) is 0 Å². The van der Waals surface area contributed by atoms with Gasteiger partial charge in [-0.3, -0.25) is 0 Å².